The lowest BCUT2D eigenvalue weighted by Gasteiger charge is -2.31. The van der Waals surface area contributed by atoms with Crippen molar-refractivity contribution in [2.75, 3.05) is 32.1 Å². The summed E-state index contributed by atoms with van der Waals surface area (Å²) in [6.45, 7) is 2.17. The number of carboxylic acid groups (broad SMARTS) is 1. The molecule has 114 valence electrons. The van der Waals surface area contributed by atoms with Crippen molar-refractivity contribution in [1.29, 1.82) is 0 Å². The van der Waals surface area contributed by atoms with E-state index in [1.54, 1.807) is 24.1 Å². The van der Waals surface area contributed by atoms with Crippen LogP contribution in [-0.4, -0.2) is 48.8 Å². The first-order valence-electron chi connectivity index (χ1n) is 6.98. The number of carboxylic acids is 1. The predicted octanol–water partition coefficient (Wildman–Crippen LogP) is 2.28. The van der Waals surface area contributed by atoms with Gasteiger partial charge in [-0.25, -0.2) is 9.59 Å². The van der Waals surface area contributed by atoms with Crippen molar-refractivity contribution < 1.29 is 19.4 Å². The molecule has 2 rings (SSSR count). The van der Waals surface area contributed by atoms with Crippen LogP contribution in [0.5, 0.6) is 0 Å². The quantitative estimate of drug-likeness (QED) is 0.892. The Morgan fingerprint density at radius 1 is 1.29 bits per heavy atom. The Morgan fingerprint density at radius 2 is 1.90 bits per heavy atom. The number of amides is 2. The predicted molar refractivity (Wildman–Crippen MR) is 78.6 cm³/mol. The van der Waals surface area contributed by atoms with Crippen LogP contribution in [0.2, 0.25) is 0 Å². The number of methoxy groups -OCH3 is 1. The van der Waals surface area contributed by atoms with E-state index in [0.29, 0.717) is 24.7 Å². The molecule has 1 saturated heterocycles. The van der Waals surface area contributed by atoms with Gasteiger partial charge < -0.3 is 20.1 Å². The molecule has 1 heterocycles. The molecule has 0 atom stereocenters. The van der Waals surface area contributed by atoms with Crippen LogP contribution in [0.15, 0.2) is 24.3 Å². The SMILES string of the molecule is COCC1CCN(C(=O)Nc2ccc(C(=O)O)cc2)CC1. The van der Waals surface area contributed by atoms with Gasteiger partial charge in [0.25, 0.3) is 0 Å². The molecule has 0 radical (unpaired) electrons. The molecule has 2 amide bonds. The Labute approximate surface area is 123 Å². The number of urea groups is 1. The van der Waals surface area contributed by atoms with Gasteiger partial charge in [0.05, 0.1) is 5.56 Å². The van der Waals surface area contributed by atoms with E-state index in [4.69, 9.17) is 9.84 Å². The number of piperidine rings is 1. The number of nitrogens with one attached hydrogen (secondary N) is 1. The number of nitrogens with zero attached hydrogens (tertiary/aromatic N) is 1. The average Bonchev–Trinajstić information content (AvgIpc) is 2.49. The lowest BCUT2D eigenvalue weighted by Crippen LogP contribution is -2.41. The van der Waals surface area contributed by atoms with Crippen molar-refractivity contribution in [3.8, 4) is 0 Å². The molecule has 0 saturated carbocycles. The molecular formula is C15H20N2O4. The molecule has 1 aromatic carbocycles. The van der Waals surface area contributed by atoms with Crippen molar-refractivity contribution in [3.63, 3.8) is 0 Å². The van der Waals surface area contributed by atoms with Gasteiger partial charge in [0.2, 0.25) is 0 Å². The number of hydrogen-bond donors (Lipinski definition) is 2. The molecule has 0 aliphatic carbocycles. The summed E-state index contributed by atoms with van der Waals surface area (Å²) in [7, 11) is 1.69. The highest BCUT2D eigenvalue weighted by Gasteiger charge is 2.22. The molecular weight excluding hydrogens is 272 g/mol. The number of likely N-dealkylation sites (tertiary alicyclic amines) is 1. The van der Waals surface area contributed by atoms with E-state index in [9.17, 15) is 9.59 Å². The van der Waals surface area contributed by atoms with Crippen molar-refractivity contribution >= 4 is 17.7 Å². The Hall–Kier alpha value is -2.08. The second-order valence-corrected chi connectivity index (χ2v) is 5.20. The Kier molecular flexibility index (Phi) is 5.16. The first-order valence-corrected chi connectivity index (χ1v) is 6.98. The summed E-state index contributed by atoms with van der Waals surface area (Å²) in [5, 5.41) is 11.6. The molecule has 6 nitrogen and oxygen atoms in total. The number of hydrogen-bond acceptors (Lipinski definition) is 3. The zero-order valence-electron chi connectivity index (χ0n) is 12.0. The molecule has 1 aliphatic heterocycles. The van der Waals surface area contributed by atoms with Gasteiger partial charge in [-0.3, -0.25) is 0 Å². The van der Waals surface area contributed by atoms with E-state index in [2.05, 4.69) is 5.32 Å². The third-order valence-corrected chi connectivity index (χ3v) is 3.69. The van der Waals surface area contributed by atoms with Crippen LogP contribution >= 0.6 is 0 Å². The van der Waals surface area contributed by atoms with Gasteiger partial charge in [-0.05, 0) is 43.0 Å². The maximum Gasteiger partial charge on any atom is 0.335 e. The lowest BCUT2D eigenvalue weighted by atomic mass is 9.98. The smallest absolute Gasteiger partial charge is 0.335 e. The van der Waals surface area contributed by atoms with Gasteiger partial charge in [0, 0.05) is 32.5 Å². The summed E-state index contributed by atoms with van der Waals surface area (Å²) in [5.74, 6) is -0.456. The van der Waals surface area contributed by atoms with Crippen LogP contribution in [0.4, 0.5) is 10.5 Å². The molecule has 0 unspecified atom stereocenters. The van der Waals surface area contributed by atoms with E-state index >= 15 is 0 Å². The van der Waals surface area contributed by atoms with Crippen LogP contribution < -0.4 is 5.32 Å². The van der Waals surface area contributed by atoms with E-state index in [-0.39, 0.29) is 11.6 Å². The molecule has 0 aromatic heterocycles. The number of carbonyl (C=O) groups is 2. The normalized spacial score (nSPS) is 15.8. The highest BCUT2D eigenvalue weighted by Crippen LogP contribution is 2.18. The maximum absolute atomic E-state index is 12.1. The maximum atomic E-state index is 12.1. The van der Waals surface area contributed by atoms with Gasteiger partial charge in [0.15, 0.2) is 0 Å². The Balaban J connectivity index is 1.86. The van der Waals surface area contributed by atoms with Gasteiger partial charge in [-0.1, -0.05) is 0 Å². The third-order valence-electron chi connectivity index (χ3n) is 3.69. The van der Waals surface area contributed by atoms with Crippen LogP contribution in [0.3, 0.4) is 0 Å². The first kappa shape index (κ1) is 15.3. The second kappa shape index (κ2) is 7.08. The minimum atomic E-state index is -0.979. The fourth-order valence-corrected chi connectivity index (χ4v) is 2.44. The Bertz CT molecular complexity index is 493. The monoisotopic (exact) mass is 292 g/mol. The van der Waals surface area contributed by atoms with Gasteiger partial charge in [-0.2, -0.15) is 0 Å². The van der Waals surface area contributed by atoms with Gasteiger partial charge in [-0.15, -0.1) is 0 Å². The van der Waals surface area contributed by atoms with Crippen LogP contribution in [-0.2, 0) is 4.74 Å². The minimum Gasteiger partial charge on any atom is -0.478 e. The number of benzene rings is 1. The number of aromatic carboxylic acids is 1. The average molecular weight is 292 g/mol. The summed E-state index contributed by atoms with van der Waals surface area (Å²) >= 11 is 0. The fraction of sp³-hybridized carbons (Fsp3) is 0.467. The van der Waals surface area contributed by atoms with E-state index in [0.717, 1.165) is 19.4 Å². The minimum absolute atomic E-state index is 0.144. The lowest BCUT2D eigenvalue weighted by molar-refractivity contribution is 0.0697. The van der Waals surface area contributed by atoms with Crippen LogP contribution in [0, 0.1) is 5.92 Å². The molecule has 6 heteroatoms. The van der Waals surface area contributed by atoms with Crippen LogP contribution in [0.1, 0.15) is 23.2 Å². The number of carbonyl (C=O) groups excluding carboxylic acids is 1. The highest BCUT2D eigenvalue weighted by molar-refractivity contribution is 5.91. The zero-order valence-corrected chi connectivity index (χ0v) is 12.0. The first-order chi connectivity index (χ1) is 10.1. The third kappa shape index (κ3) is 4.19. The second-order valence-electron chi connectivity index (χ2n) is 5.20. The topological polar surface area (TPSA) is 78.9 Å². The molecule has 21 heavy (non-hydrogen) atoms. The van der Waals surface area contributed by atoms with Gasteiger partial charge >= 0.3 is 12.0 Å². The van der Waals surface area contributed by atoms with Crippen molar-refractivity contribution in [1.82, 2.24) is 4.90 Å². The van der Waals surface area contributed by atoms with E-state index in [1.807, 2.05) is 0 Å². The summed E-state index contributed by atoms with van der Waals surface area (Å²) < 4.78 is 5.14. The molecule has 0 bridgehead atoms. The molecule has 1 aromatic rings. The standard InChI is InChI=1S/C15H20N2O4/c1-21-10-11-6-8-17(9-7-11)15(20)16-13-4-2-12(3-5-13)14(18)19/h2-5,11H,6-10H2,1H3,(H,16,20)(H,18,19). The summed E-state index contributed by atoms with van der Waals surface area (Å²) in [5.41, 5.74) is 0.803. The Morgan fingerprint density at radius 3 is 2.43 bits per heavy atom. The van der Waals surface area contributed by atoms with Crippen molar-refractivity contribution in [3.05, 3.63) is 29.8 Å². The van der Waals surface area contributed by atoms with E-state index < -0.39 is 5.97 Å². The van der Waals surface area contributed by atoms with Crippen LogP contribution in [0.25, 0.3) is 0 Å². The van der Waals surface area contributed by atoms with Crippen molar-refractivity contribution in [2.24, 2.45) is 5.92 Å². The zero-order chi connectivity index (χ0) is 15.2. The van der Waals surface area contributed by atoms with Crippen molar-refractivity contribution in [2.45, 2.75) is 12.8 Å². The molecule has 0 spiro atoms. The van der Waals surface area contributed by atoms with Gasteiger partial charge in [0.1, 0.15) is 0 Å². The number of ether oxygens (including phenoxy) is 1. The summed E-state index contributed by atoms with van der Waals surface area (Å²) in [4.78, 5) is 24.7. The fourth-order valence-electron chi connectivity index (χ4n) is 2.44. The van der Waals surface area contributed by atoms with E-state index in [1.165, 1.54) is 12.1 Å². The summed E-state index contributed by atoms with van der Waals surface area (Å²) in [6, 6.07) is 6.00. The molecule has 1 fully saturated rings. The number of rotatable bonds is 4. The highest BCUT2D eigenvalue weighted by atomic mass is 16.5. The summed E-state index contributed by atoms with van der Waals surface area (Å²) in [6.07, 6.45) is 1.89. The molecule has 1 aliphatic rings. The molecule has 2 N–H and O–H groups in total. The number of anilines is 1. The largest absolute Gasteiger partial charge is 0.478 e.